The molecule has 0 aliphatic heterocycles. The van der Waals surface area contributed by atoms with E-state index in [9.17, 15) is 0 Å². The number of hydrogen-bond acceptors (Lipinski definition) is 4. The fraction of sp³-hybridized carbons (Fsp3) is 0.154. The molecule has 1 N–H and O–H groups in total. The van der Waals surface area contributed by atoms with E-state index in [1.807, 2.05) is 54.9 Å². The summed E-state index contributed by atoms with van der Waals surface area (Å²) in [6.07, 6.45) is 12.2. The molecule has 0 atom stereocenters. The molecule has 160 valence electrons. The van der Waals surface area contributed by atoms with Gasteiger partial charge in [0.2, 0.25) is 0 Å². The van der Waals surface area contributed by atoms with Crippen LogP contribution in [0.4, 0.5) is 0 Å². The van der Waals surface area contributed by atoms with Crippen LogP contribution in [0.5, 0.6) is 0 Å². The quantitative estimate of drug-likeness (QED) is 0.191. The van der Waals surface area contributed by atoms with E-state index < -0.39 is 0 Å². The van der Waals surface area contributed by atoms with Gasteiger partial charge in [-0.2, -0.15) is 0 Å². The van der Waals surface area contributed by atoms with E-state index in [1.54, 1.807) is 6.21 Å². The molecule has 0 saturated heterocycles. The van der Waals surface area contributed by atoms with E-state index >= 15 is 0 Å². The molecule has 0 aliphatic rings. The van der Waals surface area contributed by atoms with Gasteiger partial charge >= 0.3 is 0 Å². The summed E-state index contributed by atoms with van der Waals surface area (Å²) in [5, 5.41) is 18.1. The first-order valence-electron chi connectivity index (χ1n) is 10.6. The Hall–Kier alpha value is -4.06. The van der Waals surface area contributed by atoms with E-state index in [1.165, 1.54) is 17.0 Å². The highest BCUT2D eigenvalue weighted by Crippen LogP contribution is 2.19. The van der Waals surface area contributed by atoms with Crippen molar-refractivity contribution in [2.75, 3.05) is 0 Å². The second-order valence-electron chi connectivity index (χ2n) is 7.48. The number of pyridine rings is 2. The summed E-state index contributed by atoms with van der Waals surface area (Å²) in [7, 11) is 0. The molecule has 0 radical (unpaired) electrons. The normalized spacial score (nSPS) is 11.5. The molecule has 4 rings (SSSR count). The summed E-state index contributed by atoms with van der Waals surface area (Å²) >= 11 is 0. The van der Waals surface area contributed by atoms with E-state index in [0.29, 0.717) is 6.61 Å². The molecule has 0 fully saturated rings. The molecule has 6 heteroatoms. The van der Waals surface area contributed by atoms with Gasteiger partial charge in [-0.3, -0.25) is 0 Å². The zero-order valence-corrected chi connectivity index (χ0v) is 17.8. The molecule has 2 heterocycles. The SMILES string of the molecule is ON=Cc1cc[n+](CCC[n+]2ccc(/C=N\OCc3cccc4ccccc34)cc2)cc1. The predicted molar refractivity (Wildman–Crippen MR) is 124 cm³/mol. The number of nitrogens with zero attached hydrogens (tertiary/aromatic N) is 4. The molecule has 0 saturated carbocycles. The summed E-state index contributed by atoms with van der Waals surface area (Å²) in [6, 6.07) is 22.4. The smallest absolute Gasteiger partial charge is 0.169 e. The Balaban J connectivity index is 1.24. The lowest BCUT2D eigenvalue weighted by atomic mass is 10.1. The Morgan fingerprint density at radius 3 is 2.06 bits per heavy atom. The largest absolute Gasteiger partial charge is 0.411 e. The molecule has 0 aliphatic carbocycles. The van der Waals surface area contributed by atoms with Crippen LogP contribution < -0.4 is 9.13 Å². The van der Waals surface area contributed by atoms with Crippen molar-refractivity contribution in [2.45, 2.75) is 26.1 Å². The molecule has 2 aromatic carbocycles. The fourth-order valence-corrected chi connectivity index (χ4v) is 3.53. The van der Waals surface area contributed by atoms with Crippen molar-refractivity contribution < 1.29 is 19.2 Å². The molecule has 4 aromatic rings. The van der Waals surface area contributed by atoms with E-state index in [0.717, 1.165) is 36.2 Å². The number of hydrogen-bond donors (Lipinski definition) is 1. The second kappa shape index (κ2) is 10.8. The molecular formula is C26H26N4O2+2. The topological polar surface area (TPSA) is 61.9 Å². The third kappa shape index (κ3) is 5.76. The Bertz CT molecular complexity index is 1200. The second-order valence-corrected chi connectivity index (χ2v) is 7.48. The van der Waals surface area contributed by atoms with E-state index in [-0.39, 0.29) is 0 Å². The van der Waals surface area contributed by atoms with Gasteiger partial charge in [0.1, 0.15) is 6.61 Å². The van der Waals surface area contributed by atoms with Crippen molar-refractivity contribution in [2.24, 2.45) is 10.3 Å². The summed E-state index contributed by atoms with van der Waals surface area (Å²) < 4.78 is 4.27. The first-order valence-corrected chi connectivity index (χ1v) is 10.6. The first kappa shape index (κ1) is 21.2. The maximum Gasteiger partial charge on any atom is 0.169 e. The standard InChI is InChI=1S/C26H25N4O2/c31-27-19-22-9-15-29(16-10-22)13-4-14-30-17-11-23(12-18-30)20-28-32-21-25-7-3-6-24-5-1-2-8-26(24)25/h1-3,5-12,15-20H,4,13-14,21H2/q+1/p+1/b28-20-. The zero-order valence-electron chi connectivity index (χ0n) is 17.8. The molecule has 0 amide bonds. The van der Waals surface area contributed by atoms with Gasteiger partial charge in [0, 0.05) is 35.4 Å². The van der Waals surface area contributed by atoms with Crippen LogP contribution >= 0.6 is 0 Å². The lowest BCUT2D eigenvalue weighted by Crippen LogP contribution is -2.38. The average Bonchev–Trinajstić information content (AvgIpc) is 2.84. The molecule has 2 aromatic heterocycles. The van der Waals surface area contributed by atoms with Crippen LogP contribution in [0, 0.1) is 0 Å². The number of fused-ring (bicyclic) bond motifs is 1. The highest BCUT2D eigenvalue weighted by atomic mass is 16.6. The molecule has 6 nitrogen and oxygen atoms in total. The summed E-state index contributed by atoms with van der Waals surface area (Å²) in [4.78, 5) is 5.54. The fourth-order valence-electron chi connectivity index (χ4n) is 3.53. The van der Waals surface area contributed by atoms with Crippen molar-refractivity contribution >= 4 is 23.2 Å². The number of aryl methyl sites for hydroxylation is 2. The van der Waals surface area contributed by atoms with Crippen LogP contribution in [0.25, 0.3) is 10.8 Å². The third-order valence-corrected chi connectivity index (χ3v) is 5.25. The van der Waals surface area contributed by atoms with Crippen molar-refractivity contribution in [3.63, 3.8) is 0 Å². The maximum atomic E-state index is 8.56. The number of rotatable bonds is 9. The lowest BCUT2D eigenvalue weighted by molar-refractivity contribution is -0.726. The van der Waals surface area contributed by atoms with Gasteiger partial charge in [0.15, 0.2) is 37.9 Å². The molecule has 32 heavy (non-hydrogen) atoms. The summed E-state index contributed by atoms with van der Waals surface area (Å²) in [6.45, 7) is 2.27. The Morgan fingerprint density at radius 2 is 1.38 bits per heavy atom. The van der Waals surface area contributed by atoms with Crippen LogP contribution in [-0.2, 0) is 24.5 Å². The van der Waals surface area contributed by atoms with Crippen LogP contribution in [0.1, 0.15) is 23.1 Å². The minimum absolute atomic E-state index is 0.441. The highest BCUT2D eigenvalue weighted by Gasteiger charge is 2.05. The van der Waals surface area contributed by atoms with E-state index in [4.69, 9.17) is 10.0 Å². The van der Waals surface area contributed by atoms with Gasteiger partial charge in [0.25, 0.3) is 0 Å². The molecule has 0 unspecified atom stereocenters. The minimum Gasteiger partial charge on any atom is -0.411 e. The number of oxime groups is 2. The van der Waals surface area contributed by atoms with Crippen molar-refractivity contribution in [1.29, 1.82) is 0 Å². The van der Waals surface area contributed by atoms with Crippen molar-refractivity contribution in [3.8, 4) is 0 Å². The summed E-state index contributed by atoms with van der Waals surface area (Å²) in [5.41, 5.74) is 2.99. The Kier molecular flexibility index (Phi) is 7.16. The van der Waals surface area contributed by atoms with Crippen LogP contribution in [0.3, 0.4) is 0 Å². The number of aromatic nitrogens is 2. The first-order chi connectivity index (χ1) is 15.8. The van der Waals surface area contributed by atoms with Gasteiger partial charge in [-0.05, 0) is 16.3 Å². The predicted octanol–water partition coefficient (Wildman–Crippen LogP) is 3.86. The van der Waals surface area contributed by atoms with Gasteiger partial charge in [0.05, 0.1) is 18.9 Å². The minimum atomic E-state index is 0.441. The molecule has 0 spiro atoms. The maximum absolute atomic E-state index is 8.56. The number of benzene rings is 2. The van der Waals surface area contributed by atoms with Crippen LogP contribution in [0.2, 0.25) is 0 Å². The van der Waals surface area contributed by atoms with Gasteiger partial charge in [-0.25, -0.2) is 9.13 Å². The lowest BCUT2D eigenvalue weighted by Gasteiger charge is -2.05. The van der Waals surface area contributed by atoms with Crippen molar-refractivity contribution in [1.82, 2.24) is 0 Å². The van der Waals surface area contributed by atoms with Crippen LogP contribution in [0.15, 0.2) is 102 Å². The van der Waals surface area contributed by atoms with Gasteiger partial charge < -0.3 is 10.0 Å². The third-order valence-electron chi connectivity index (χ3n) is 5.25. The van der Waals surface area contributed by atoms with E-state index in [2.05, 4.69) is 56.1 Å². The molecule has 0 bridgehead atoms. The molecular weight excluding hydrogens is 400 g/mol. The zero-order chi connectivity index (χ0) is 22.0. The van der Waals surface area contributed by atoms with Crippen molar-refractivity contribution in [3.05, 3.63) is 108 Å². The Morgan fingerprint density at radius 1 is 0.750 bits per heavy atom. The highest BCUT2D eigenvalue weighted by molar-refractivity contribution is 5.85. The van der Waals surface area contributed by atoms with Crippen LogP contribution in [-0.4, -0.2) is 17.6 Å². The van der Waals surface area contributed by atoms with Gasteiger partial charge in [-0.15, -0.1) is 0 Å². The summed E-state index contributed by atoms with van der Waals surface area (Å²) in [5.74, 6) is 0. The average molecular weight is 427 g/mol. The van der Waals surface area contributed by atoms with Gasteiger partial charge in [-0.1, -0.05) is 52.8 Å². The Labute approximate surface area is 187 Å². The monoisotopic (exact) mass is 426 g/mol.